The van der Waals surface area contributed by atoms with Crippen molar-refractivity contribution in [1.82, 2.24) is 0 Å². The lowest BCUT2D eigenvalue weighted by Crippen LogP contribution is -2.67. The number of hydrogen-bond donors (Lipinski definition) is 0. The van der Waals surface area contributed by atoms with Gasteiger partial charge in [-0.15, -0.1) is 0 Å². The summed E-state index contributed by atoms with van der Waals surface area (Å²) in [7, 11) is -2.94. The minimum atomic E-state index is -2.94. The van der Waals surface area contributed by atoms with Gasteiger partial charge in [0.05, 0.1) is 19.1 Å². The van der Waals surface area contributed by atoms with E-state index in [4.69, 9.17) is 9.16 Å². The first-order chi connectivity index (χ1) is 21.7. The molecule has 1 atom stereocenters. The minimum absolute atomic E-state index is 0.0841. The molecule has 0 aliphatic carbocycles. The van der Waals surface area contributed by atoms with Crippen LogP contribution in [-0.2, 0) is 18.8 Å². The maximum Gasteiger partial charge on any atom is 0.334 e. The van der Waals surface area contributed by atoms with Crippen molar-refractivity contribution in [3.05, 3.63) is 103 Å². The van der Waals surface area contributed by atoms with E-state index in [0.717, 1.165) is 48.9 Å². The monoisotopic (exact) mass is 628 g/mol. The van der Waals surface area contributed by atoms with Gasteiger partial charge < -0.3 is 14.7 Å². The first-order valence-electron chi connectivity index (χ1n) is 16.4. The number of Topliss-reactive ketones (excluding diaryl/α,β-unsaturated/α-hetero) is 1. The second-order valence-electron chi connectivity index (χ2n) is 12.2. The lowest BCUT2D eigenvalue weighted by Gasteiger charge is -2.44. The summed E-state index contributed by atoms with van der Waals surface area (Å²) in [5.74, 6) is -0.349. The van der Waals surface area contributed by atoms with E-state index in [1.807, 2.05) is 67.6 Å². The molecule has 0 fully saturated rings. The van der Waals surface area contributed by atoms with E-state index in [1.54, 1.807) is 0 Å². The molecule has 2 aromatic carbocycles. The third-order valence-corrected chi connectivity index (χ3v) is 12.7. The third-order valence-electron chi connectivity index (χ3n) is 7.66. The van der Waals surface area contributed by atoms with Crippen LogP contribution in [0, 0.1) is 0 Å². The van der Waals surface area contributed by atoms with Crippen molar-refractivity contribution in [1.29, 1.82) is 0 Å². The zero-order chi connectivity index (χ0) is 33.0. The number of esters is 1. The number of nitrogens with zero attached hydrogens (tertiary/aromatic N) is 2. The van der Waals surface area contributed by atoms with E-state index in [-0.39, 0.29) is 28.9 Å². The summed E-state index contributed by atoms with van der Waals surface area (Å²) >= 11 is 0. The molecule has 242 valence electrons. The molecule has 0 aliphatic heterocycles. The van der Waals surface area contributed by atoms with Crippen LogP contribution >= 0.6 is 0 Å². The number of ketones is 1. The van der Waals surface area contributed by atoms with Crippen LogP contribution in [0.3, 0.4) is 0 Å². The van der Waals surface area contributed by atoms with Gasteiger partial charge in [-0.2, -0.15) is 4.79 Å². The van der Waals surface area contributed by atoms with Gasteiger partial charge in [0.25, 0.3) is 8.32 Å². The molecule has 0 N–H and O–H groups in total. The fourth-order valence-electron chi connectivity index (χ4n) is 5.39. The fraction of sp³-hybridized carbons (Fsp3) is 0.447. The first-order valence-corrected chi connectivity index (χ1v) is 18.3. The van der Waals surface area contributed by atoms with Gasteiger partial charge in [-0.05, 0) is 48.0 Å². The maximum atomic E-state index is 13.5. The Kier molecular flexibility index (Phi) is 17.0. The Balaban J connectivity index is 2.34. The molecule has 2 rings (SSSR count). The van der Waals surface area contributed by atoms with Crippen molar-refractivity contribution in [2.75, 3.05) is 6.61 Å². The van der Waals surface area contributed by atoms with Crippen molar-refractivity contribution < 1.29 is 23.5 Å². The highest BCUT2D eigenvalue weighted by molar-refractivity contribution is 6.99. The molecule has 0 radical (unpaired) electrons. The number of carbonyl (C=O) groups excluding carboxylic acids is 2. The van der Waals surface area contributed by atoms with Gasteiger partial charge >= 0.3 is 11.7 Å². The normalized spacial score (nSPS) is 12.9. The summed E-state index contributed by atoms with van der Waals surface area (Å²) in [6.07, 6.45) is 17.6. The highest BCUT2D eigenvalue weighted by Gasteiger charge is 2.51. The van der Waals surface area contributed by atoms with Gasteiger partial charge in [0.2, 0.25) is 5.78 Å². The lowest BCUT2D eigenvalue weighted by atomic mass is 10.0. The quantitative estimate of drug-likeness (QED) is 0.0218. The average Bonchev–Trinajstić information content (AvgIpc) is 3.03. The molecule has 45 heavy (non-hydrogen) atoms. The Hall–Kier alpha value is -3.64. The molecule has 0 spiro atoms. The van der Waals surface area contributed by atoms with Gasteiger partial charge in [-0.1, -0.05) is 138 Å². The van der Waals surface area contributed by atoms with Crippen LogP contribution in [0.2, 0.25) is 5.04 Å². The lowest BCUT2D eigenvalue weighted by molar-refractivity contribution is -0.143. The van der Waals surface area contributed by atoms with E-state index >= 15 is 0 Å². The molecule has 7 heteroatoms. The average molecular weight is 629 g/mol. The van der Waals surface area contributed by atoms with Crippen LogP contribution in [0.4, 0.5) is 0 Å². The van der Waals surface area contributed by atoms with Gasteiger partial charge in [0, 0.05) is 12.8 Å². The number of hydrogen-bond acceptors (Lipinski definition) is 4. The molecule has 0 aliphatic rings. The Morgan fingerprint density at radius 2 is 1.51 bits per heavy atom. The van der Waals surface area contributed by atoms with Gasteiger partial charge in [-0.25, -0.2) is 0 Å². The molecular weight excluding hydrogens is 577 g/mol. The van der Waals surface area contributed by atoms with E-state index < -0.39 is 14.4 Å². The SMILES string of the molecule is CCCCCC(=[N+]=[N-])C(=O)CC(/C=C/C=C\C/C=C\CCCC(=O)OCC)O[Si](c1ccccc1)(c1ccccc1)C(C)(C)C. The summed E-state index contributed by atoms with van der Waals surface area (Å²) < 4.78 is 12.3. The van der Waals surface area contributed by atoms with Crippen LogP contribution in [0.5, 0.6) is 0 Å². The molecular formula is C38H52N2O4Si. The van der Waals surface area contributed by atoms with Gasteiger partial charge in [0.15, 0.2) is 0 Å². The van der Waals surface area contributed by atoms with Crippen molar-refractivity contribution >= 4 is 36.2 Å². The number of benzene rings is 2. The molecule has 1 unspecified atom stereocenters. The topological polar surface area (TPSA) is 89.0 Å². The van der Waals surface area contributed by atoms with Crippen LogP contribution in [0.15, 0.2) is 97.1 Å². The van der Waals surface area contributed by atoms with Crippen molar-refractivity contribution in [3.8, 4) is 0 Å². The standard InChI is InChI=1S/C38H52N2O4Si/c1-6-8-17-29-35(40-39)36(41)31-32(24-18-13-11-9-10-12-14-23-30-37(42)43-7-2)44-45(38(3,4)5,33-25-19-15-20-26-33)34-27-21-16-22-28-34/h10-13,15-16,18-22,24-28,32H,6-9,14,17,23,29-31H2,1-5H3/b12-10-,13-11-,24-18+. The maximum absolute atomic E-state index is 13.5. The van der Waals surface area contributed by atoms with E-state index in [9.17, 15) is 15.1 Å². The Morgan fingerprint density at radius 3 is 2.07 bits per heavy atom. The second-order valence-corrected chi connectivity index (χ2v) is 16.4. The largest absolute Gasteiger partial charge is 0.466 e. The van der Waals surface area contributed by atoms with Gasteiger partial charge in [0.1, 0.15) is 0 Å². The Labute approximate surface area is 272 Å². The summed E-state index contributed by atoms with van der Waals surface area (Å²) in [4.78, 5) is 28.4. The number of allylic oxidation sites excluding steroid dienone is 5. The van der Waals surface area contributed by atoms with E-state index in [0.29, 0.717) is 19.4 Å². The molecule has 0 saturated carbocycles. The number of rotatable bonds is 20. The Bertz CT molecular complexity index is 1270. The number of ether oxygens (including phenoxy) is 1. The van der Waals surface area contributed by atoms with Crippen molar-refractivity contribution in [2.45, 2.75) is 104 Å². The zero-order valence-corrected chi connectivity index (χ0v) is 28.9. The van der Waals surface area contributed by atoms with Crippen LogP contribution in [-0.4, -0.2) is 43.3 Å². The summed E-state index contributed by atoms with van der Waals surface area (Å²) in [5.41, 5.74) is 9.91. The molecule has 0 saturated heterocycles. The molecule has 0 heterocycles. The predicted molar refractivity (Wildman–Crippen MR) is 187 cm³/mol. The first kappa shape index (κ1) is 37.5. The minimum Gasteiger partial charge on any atom is -0.466 e. The third kappa shape index (κ3) is 12.3. The zero-order valence-electron chi connectivity index (χ0n) is 27.9. The Morgan fingerprint density at radius 1 is 0.867 bits per heavy atom. The summed E-state index contributed by atoms with van der Waals surface area (Å²) in [6.45, 7) is 11.0. The number of carbonyl (C=O) groups is 2. The van der Waals surface area contributed by atoms with Crippen LogP contribution in [0.1, 0.15) is 92.4 Å². The summed E-state index contributed by atoms with van der Waals surface area (Å²) in [5, 5.41) is 2.02. The fourth-order valence-corrected chi connectivity index (χ4v) is 10.0. The highest BCUT2D eigenvalue weighted by Crippen LogP contribution is 2.38. The van der Waals surface area contributed by atoms with E-state index in [1.165, 1.54) is 0 Å². The van der Waals surface area contributed by atoms with E-state index in [2.05, 4.69) is 68.9 Å². The predicted octanol–water partition coefficient (Wildman–Crippen LogP) is 7.93. The molecule has 0 bridgehead atoms. The van der Waals surface area contributed by atoms with Gasteiger partial charge in [-0.3, -0.25) is 9.59 Å². The van der Waals surface area contributed by atoms with Crippen LogP contribution in [0.25, 0.3) is 5.53 Å². The second kappa shape index (κ2) is 20.4. The highest BCUT2D eigenvalue weighted by atomic mass is 28.4. The number of unbranched alkanes of at least 4 members (excludes halogenated alkanes) is 3. The van der Waals surface area contributed by atoms with Crippen molar-refractivity contribution in [2.24, 2.45) is 0 Å². The molecule has 0 aromatic heterocycles. The smallest absolute Gasteiger partial charge is 0.334 e. The molecule has 6 nitrogen and oxygen atoms in total. The van der Waals surface area contributed by atoms with Crippen molar-refractivity contribution in [3.63, 3.8) is 0 Å². The molecule has 0 amide bonds. The molecule has 2 aromatic rings. The summed E-state index contributed by atoms with van der Waals surface area (Å²) in [6, 6.07) is 20.7. The van der Waals surface area contributed by atoms with Crippen LogP contribution < -0.4 is 10.4 Å².